The first kappa shape index (κ1) is 16.9. The topological polar surface area (TPSA) is 79.5 Å². The fourth-order valence-electron chi connectivity index (χ4n) is 2.28. The number of hydrogen-bond acceptors (Lipinski definition) is 4. The highest BCUT2D eigenvalue weighted by Crippen LogP contribution is 2.21. The Morgan fingerprint density at radius 1 is 1.29 bits per heavy atom. The third kappa shape index (κ3) is 3.15. The molecule has 1 atom stereocenters. The fraction of sp³-hybridized carbons (Fsp3) is 0.533. The van der Waals surface area contributed by atoms with Crippen LogP contribution in [-0.4, -0.2) is 47.7 Å². The number of Topliss-reactive ketones (excluding diaryl/α,β-unsaturated/α-hetero) is 1. The van der Waals surface area contributed by atoms with Gasteiger partial charge in [0.2, 0.25) is 5.91 Å². The van der Waals surface area contributed by atoms with Gasteiger partial charge in [0.15, 0.2) is 5.78 Å². The molecule has 1 aromatic heterocycles. The van der Waals surface area contributed by atoms with Crippen molar-refractivity contribution in [1.29, 1.82) is 0 Å². The molecule has 6 heteroatoms. The van der Waals surface area contributed by atoms with Crippen molar-refractivity contribution in [3.05, 3.63) is 22.5 Å². The molecule has 1 aromatic rings. The maximum absolute atomic E-state index is 12.6. The number of aromatic nitrogens is 1. The highest BCUT2D eigenvalue weighted by atomic mass is 16.5. The van der Waals surface area contributed by atoms with Gasteiger partial charge in [0, 0.05) is 24.7 Å². The van der Waals surface area contributed by atoms with Crippen molar-refractivity contribution >= 4 is 17.7 Å². The number of hydrogen-bond donors (Lipinski definition) is 1. The lowest BCUT2D eigenvalue weighted by Gasteiger charge is -2.23. The number of carbonyl (C=O) groups excluding carboxylic acids is 3. The molecule has 0 aliphatic heterocycles. The lowest BCUT2D eigenvalue weighted by atomic mass is 10.00. The zero-order valence-corrected chi connectivity index (χ0v) is 13.4. The Kier molecular flexibility index (Phi) is 5.29. The first-order valence-corrected chi connectivity index (χ1v) is 6.83. The highest BCUT2D eigenvalue weighted by molar-refractivity contribution is 6.06. The van der Waals surface area contributed by atoms with Gasteiger partial charge in [-0.2, -0.15) is 0 Å². The number of H-pyrrole nitrogens is 1. The van der Waals surface area contributed by atoms with E-state index in [0.717, 1.165) is 0 Å². The molecular weight excluding hydrogens is 272 g/mol. The van der Waals surface area contributed by atoms with E-state index in [2.05, 4.69) is 9.72 Å². The zero-order chi connectivity index (χ0) is 16.3. The van der Waals surface area contributed by atoms with Crippen LogP contribution < -0.4 is 0 Å². The first-order chi connectivity index (χ1) is 9.76. The van der Waals surface area contributed by atoms with E-state index < -0.39 is 12.0 Å². The molecule has 1 amide bonds. The summed E-state index contributed by atoms with van der Waals surface area (Å²) < 4.78 is 4.68. The lowest BCUT2D eigenvalue weighted by Crippen LogP contribution is -2.40. The van der Waals surface area contributed by atoms with Gasteiger partial charge in [-0.3, -0.25) is 9.59 Å². The number of carbonyl (C=O) groups is 3. The third-order valence-corrected chi connectivity index (χ3v) is 3.73. The maximum atomic E-state index is 12.6. The van der Waals surface area contributed by atoms with Crippen LogP contribution in [0.5, 0.6) is 0 Å². The van der Waals surface area contributed by atoms with Gasteiger partial charge in [-0.05, 0) is 26.3 Å². The summed E-state index contributed by atoms with van der Waals surface area (Å²) in [6, 6.07) is -0.587. The van der Waals surface area contributed by atoms with E-state index in [1.165, 1.54) is 12.0 Å². The Labute approximate surface area is 124 Å². The Balaban J connectivity index is 3.16. The molecule has 1 N–H and O–H groups in total. The van der Waals surface area contributed by atoms with Crippen molar-refractivity contribution in [2.45, 2.75) is 40.2 Å². The SMILES string of the molecule is CCC(=O)N(C)C(C)C(=O)c1c(C)[nH]c(C(=O)OC)c1C. The van der Waals surface area contributed by atoms with Gasteiger partial charge in [-0.1, -0.05) is 6.92 Å². The molecule has 1 rings (SSSR count). The molecule has 21 heavy (non-hydrogen) atoms. The highest BCUT2D eigenvalue weighted by Gasteiger charge is 2.28. The number of ether oxygens (including phenoxy) is 1. The summed E-state index contributed by atoms with van der Waals surface area (Å²) >= 11 is 0. The zero-order valence-electron chi connectivity index (χ0n) is 13.4. The molecule has 6 nitrogen and oxygen atoms in total. The van der Waals surface area contributed by atoms with Crippen LogP contribution in [0.25, 0.3) is 0 Å². The van der Waals surface area contributed by atoms with Crippen molar-refractivity contribution in [2.24, 2.45) is 0 Å². The molecule has 0 radical (unpaired) electrons. The van der Waals surface area contributed by atoms with Gasteiger partial charge >= 0.3 is 5.97 Å². The van der Waals surface area contributed by atoms with Crippen molar-refractivity contribution in [2.75, 3.05) is 14.2 Å². The smallest absolute Gasteiger partial charge is 0.354 e. The van der Waals surface area contributed by atoms with E-state index in [9.17, 15) is 14.4 Å². The Morgan fingerprint density at radius 2 is 1.86 bits per heavy atom. The number of aromatic amines is 1. The number of amides is 1. The molecule has 0 fully saturated rings. The molecule has 0 aliphatic rings. The number of methoxy groups -OCH3 is 1. The van der Waals surface area contributed by atoms with Crippen LogP contribution in [0.1, 0.15) is 52.4 Å². The Morgan fingerprint density at radius 3 is 2.33 bits per heavy atom. The van der Waals surface area contributed by atoms with Crippen molar-refractivity contribution in [3.63, 3.8) is 0 Å². The van der Waals surface area contributed by atoms with E-state index >= 15 is 0 Å². The number of ketones is 1. The second-order valence-corrected chi connectivity index (χ2v) is 5.02. The number of likely N-dealkylation sites (N-methyl/N-ethyl adjacent to an activating group) is 1. The molecule has 1 unspecified atom stereocenters. The van der Waals surface area contributed by atoms with Crippen LogP contribution in [0.15, 0.2) is 0 Å². The van der Waals surface area contributed by atoms with Crippen LogP contribution in [0.4, 0.5) is 0 Å². The van der Waals surface area contributed by atoms with Crippen molar-refractivity contribution in [1.82, 2.24) is 9.88 Å². The standard InChI is InChI=1S/C15H22N2O4/c1-7-11(18)17(5)10(4)14(19)12-8(2)13(15(20)21-6)16-9(12)3/h10,16H,7H2,1-6H3. The summed E-state index contributed by atoms with van der Waals surface area (Å²) in [5, 5.41) is 0. The molecule has 0 aromatic carbocycles. The monoisotopic (exact) mass is 294 g/mol. The van der Waals surface area contributed by atoms with E-state index in [4.69, 9.17) is 0 Å². The average molecular weight is 294 g/mol. The van der Waals surface area contributed by atoms with Gasteiger partial charge in [0.05, 0.1) is 13.2 Å². The quantitative estimate of drug-likeness (QED) is 0.664. The van der Waals surface area contributed by atoms with Gasteiger partial charge < -0.3 is 14.6 Å². The van der Waals surface area contributed by atoms with Crippen molar-refractivity contribution < 1.29 is 19.1 Å². The Hall–Kier alpha value is -2.11. The molecule has 0 spiro atoms. The molecule has 0 saturated carbocycles. The van der Waals surface area contributed by atoms with Gasteiger partial charge in [0.1, 0.15) is 5.69 Å². The number of aryl methyl sites for hydroxylation is 1. The molecule has 1 heterocycles. The predicted molar refractivity (Wildman–Crippen MR) is 78.5 cm³/mol. The predicted octanol–water partition coefficient (Wildman–Crippen LogP) is 1.86. The molecular formula is C15H22N2O4. The first-order valence-electron chi connectivity index (χ1n) is 6.83. The second kappa shape index (κ2) is 6.56. The fourth-order valence-corrected chi connectivity index (χ4v) is 2.28. The van der Waals surface area contributed by atoms with Crippen LogP contribution in [0.2, 0.25) is 0 Å². The minimum Gasteiger partial charge on any atom is -0.464 e. The Bertz CT molecular complexity index is 574. The van der Waals surface area contributed by atoms with Crippen LogP contribution in [0, 0.1) is 13.8 Å². The normalized spacial score (nSPS) is 11.9. The number of nitrogens with one attached hydrogen (secondary N) is 1. The van der Waals surface area contributed by atoms with E-state index in [1.54, 1.807) is 34.7 Å². The number of esters is 1. The van der Waals surface area contributed by atoms with E-state index in [-0.39, 0.29) is 17.4 Å². The van der Waals surface area contributed by atoms with Gasteiger partial charge in [-0.25, -0.2) is 4.79 Å². The van der Waals surface area contributed by atoms with Crippen LogP contribution in [-0.2, 0) is 9.53 Å². The number of rotatable bonds is 5. The number of nitrogens with zero attached hydrogens (tertiary/aromatic N) is 1. The minimum absolute atomic E-state index is 0.102. The third-order valence-electron chi connectivity index (χ3n) is 3.73. The van der Waals surface area contributed by atoms with Crippen LogP contribution >= 0.6 is 0 Å². The minimum atomic E-state index is -0.587. The van der Waals surface area contributed by atoms with Gasteiger partial charge in [-0.15, -0.1) is 0 Å². The van der Waals surface area contributed by atoms with Crippen LogP contribution in [0.3, 0.4) is 0 Å². The summed E-state index contributed by atoms with van der Waals surface area (Å²) in [5.41, 5.74) is 1.87. The molecule has 0 aliphatic carbocycles. The summed E-state index contributed by atoms with van der Waals surface area (Å²) in [7, 11) is 2.89. The summed E-state index contributed by atoms with van der Waals surface area (Å²) in [5.74, 6) is -0.809. The maximum Gasteiger partial charge on any atom is 0.354 e. The van der Waals surface area contributed by atoms with Crippen molar-refractivity contribution in [3.8, 4) is 0 Å². The summed E-state index contributed by atoms with van der Waals surface area (Å²) in [6.07, 6.45) is 0.340. The lowest BCUT2D eigenvalue weighted by molar-refractivity contribution is -0.130. The van der Waals surface area contributed by atoms with E-state index in [0.29, 0.717) is 23.2 Å². The largest absolute Gasteiger partial charge is 0.464 e. The molecule has 0 saturated heterocycles. The molecule has 0 bridgehead atoms. The average Bonchev–Trinajstić information content (AvgIpc) is 2.78. The summed E-state index contributed by atoms with van der Waals surface area (Å²) in [6.45, 7) is 6.84. The second-order valence-electron chi connectivity index (χ2n) is 5.02. The van der Waals surface area contributed by atoms with Gasteiger partial charge in [0.25, 0.3) is 0 Å². The summed E-state index contributed by atoms with van der Waals surface area (Å²) in [4.78, 5) is 40.3. The molecule has 116 valence electrons. The van der Waals surface area contributed by atoms with E-state index in [1.807, 2.05) is 0 Å².